The maximum Gasteiger partial charge on any atom is 0.239 e. The zero-order chi connectivity index (χ0) is 10.7. The Balaban J connectivity index is 2.82. The molecule has 0 aliphatic rings. The van der Waals surface area contributed by atoms with Gasteiger partial charge in [0.05, 0.1) is 0 Å². The van der Waals surface area contributed by atoms with E-state index in [1.54, 1.807) is 13.0 Å². The maximum atomic E-state index is 10.8. The van der Waals surface area contributed by atoms with Crippen LogP contribution < -0.4 is 11.1 Å². The fourth-order valence-electron chi connectivity index (χ4n) is 0.911. The first kappa shape index (κ1) is 11.6. The molecule has 0 saturated carbocycles. The molecule has 3 N–H and O–H groups in total. The summed E-state index contributed by atoms with van der Waals surface area (Å²) in [6.45, 7) is 1.72. The van der Waals surface area contributed by atoms with Gasteiger partial charge in [-0.2, -0.15) is 0 Å². The number of rotatable bonds is 3. The molecule has 0 radical (unpaired) electrons. The Hall–Kier alpha value is -0.490. The molecule has 0 aliphatic heterocycles. The van der Waals surface area contributed by atoms with Gasteiger partial charge in [0, 0.05) is 14.3 Å². The average Bonchev–Trinajstić information content (AvgIpc) is 2.09. The zero-order valence-corrected chi connectivity index (χ0v) is 10.5. The van der Waals surface area contributed by atoms with Gasteiger partial charge in [-0.3, -0.25) is 4.79 Å². The SMILES string of the molecule is CC(Nc1ccc(Cl)cc1I)C(N)=O. The lowest BCUT2D eigenvalue weighted by Gasteiger charge is -2.13. The second-order valence-electron chi connectivity index (χ2n) is 2.89. The van der Waals surface area contributed by atoms with E-state index in [0.717, 1.165) is 9.26 Å². The molecule has 1 aromatic rings. The van der Waals surface area contributed by atoms with Crippen LogP contribution in [0.5, 0.6) is 0 Å². The standard InChI is InChI=1S/C9H10ClIN2O/c1-5(9(12)14)13-8-3-2-6(10)4-7(8)11/h2-5,13H,1H3,(H2,12,14). The minimum Gasteiger partial charge on any atom is -0.373 e. The van der Waals surface area contributed by atoms with Gasteiger partial charge in [0.2, 0.25) is 5.91 Å². The van der Waals surface area contributed by atoms with Crippen LogP contribution in [0.3, 0.4) is 0 Å². The second kappa shape index (κ2) is 4.84. The highest BCUT2D eigenvalue weighted by Gasteiger charge is 2.09. The lowest BCUT2D eigenvalue weighted by atomic mass is 10.2. The van der Waals surface area contributed by atoms with Gasteiger partial charge < -0.3 is 11.1 Å². The Morgan fingerprint density at radius 2 is 2.29 bits per heavy atom. The van der Waals surface area contributed by atoms with Gasteiger partial charge >= 0.3 is 0 Å². The first-order valence-electron chi connectivity index (χ1n) is 4.01. The summed E-state index contributed by atoms with van der Waals surface area (Å²) in [5, 5.41) is 3.67. The van der Waals surface area contributed by atoms with Crippen LogP contribution in [0.15, 0.2) is 18.2 Å². The summed E-state index contributed by atoms with van der Waals surface area (Å²) in [6.07, 6.45) is 0. The molecular formula is C9H10ClIN2O. The lowest BCUT2D eigenvalue weighted by molar-refractivity contribution is -0.118. The van der Waals surface area contributed by atoms with E-state index >= 15 is 0 Å². The second-order valence-corrected chi connectivity index (χ2v) is 4.49. The Morgan fingerprint density at radius 1 is 1.64 bits per heavy atom. The van der Waals surface area contributed by atoms with Crippen LogP contribution in [0.4, 0.5) is 5.69 Å². The highest BCUT2D eigenvalue weighted by atomic mass is 127. The van der Waals surface area contributed by atoms with Gasteiger partial charge in [-0.25, -0.2) is 0 Å². The Labute approximate surface area is 101 Å². The number of nitrogens with one attached hydrogen (secondary N) is 1. The molecular weight excluding hydrogens is 314 g/mol. The quantitative estimate of drug-likeness (QED) is 0.838. The molecule has 0 heterocycles. The predicted octanol–water partition coefficient (Wildman–Crippen LogP) is 2.23. The Kier molecular flexibility index (Phi) is 4.00. The van der Waals surface area contributed by atoms with Crippen LogP contribution in [0.1, 0.15) is 6.92 Å². The summed E-state index contributed by atoms with van der Waals surface area (Å²) in [7, 11) is 0. The molecule has 1 unspecified atom stereocenters. The van der Waals surface area contributed by atoms with Crippen LogP contribution in [0.2, 0.25) is 5.02 Å². The molecule has 1 amide bonds. The number of hydrogen-bond donors (Lipinski definition) is 2. The molecule has 0 aliphatic carbocycles. The van der Waals surface area contributed by atoms with Crippen LogP contribution >= 0.6 is 34.2 Å². The third-order valence-electron chi connectivity index (χ3n) is 1.73. The summed E-state index contributed by atoms with van der Waals surface area (Å²) in [5.74, 6) is -0.379. The van der Waals surface area contributed by atoms with Gasteiger partial charge in [0.1, 0.15) is 6.04 Å². The van der Waals surface area contributed by atoms with Crippen LogP contribution in [-0.2, 0) is 4.79 Å². The van der Waals surface area contributed by atoms with Crippen molar-refractivity contribution in [2.75, 3.05) is 5.32 Å². The van der Waals surface area contributed by atoms with Crippen LogP contribution in [0.25, 0.3) is 0 Å². The van der Waals surface area contributed by atoms with Gasteiger partial charge in [-0.1, -0.05) is 11.6 Å². The summed E-state index contributed by atoms with van der Waals surface area (Å²) in [5.41, 5.74) is 6.00. The van der Waals surface area contributed by atoms with Crippen molar-refractivity contribution in [3.63, 3.8) is 0 Å². The van der Waals surface area contributed by atoms with Crippen LogP contribution in [-0.4, -0.2) is 11.9 Å². The molecule has 76 valence electrons. The van der Waals surface area contributed by atoms with E-state index in [1.807, 2.05) is 12.1 Å². The minimum absolute atomic E-state index is 0.379. The van der Waals surface area contributed by atoms with E-state index < -0.39 is 0 Å². The summed E-state index contributed by atoms with van der Waals surface area (Å²) in [4.78, 5) is 10.8. The number of halogens is 2. The van der Waals surface area contributed by atoms with Crippen molar-refractivity contribution in [3.05, 3.63) is 26.8 Å². The van der Waals surface area contributed by atoms with Gasteiger partial charge in [0.25, 0.3) is 0 Å². The van der Waals surface area contributed by atoms with E-state index in [-0.39, 0.29) is 11.9 Å². The number of carbonyl (C=O) groups excluding carboxylic acids is 1. The fourth-order valence-corrected chi connectivity index (χ4v) is 1.94. The highest BCUT2D eigenvalue weighted by Crippen LogP contribution is 2.22. The summed E-state index contributed by atoms with van der Waals surface area (Å²) in [6, 6.07) is 5.02. The van der Waals surface area contributed by atoms with E-state index in [4.69, 9.17) is 17.3 Å². The molecule has 0 aromatic heterocycles. The number of nitrogens with two attached hydrogens (primary N) is 1. The normalized spacial score (nSPS) is 12.2. The Morgan fingerprint density at radius 3 is 2.79 bits per heavy atom. The maximum absolute atomic E-state index is 10.8. The number of benzene rings is 1. The molecule has 0 saturated heterocycles. The van der Waals surface area contributed by atoms with Crippen molar-refractivity contribution in [3.8, 4) is 0 Å². The first-order valence-corrected chi connectivity index (χ1v) is 5.47. The van der Waals surface area contributed by atoms with Gasteiger partial charge in [-0.15, -0.1) is 0 Å². The molecule has 1 atom stereocenters. The molecule has 3 nitrogen and oxygen atoms in total. The monoisotopic (exact) mass is 324 g/mol. The van der Waals surface area contributed by atoms with Gasteiger partial charge in [-0.05, 0) is 47.7 Å². The summed E-state index contributed by atoms with van der Waals surface area (Å²) >= 11 is 7.94. The van der Waals surface area contributed by atoms with E-state index in [1.165, 1.54) is 0 Å². The zero-order valence-electron chi connectivity index (χ0n) is 7.55. The minimum atomic E-state index is -0.385. The highest BCUT2D eigenvalue weighted by molar-refractivity contribution is 14.1. The van der Waals surface area contributed by atoms with Gasteiger partial charge in [0.15, 0.2) is 0 Å². The lowest BCUT2D eigenvalue weighted by Crippen LogP contribution is -2.32. The van der Waals surface area contributed by atoms with Crippen molar-refractivity contribution < 1.29 is 4.79 Å². The number of primary amides is 1. The molecule has 14 heavy (non-hydrogen) atoms. The largest absolute Gasteiger partial charge is 0.373 e. The third-order valence-corrected chi connectivity index (χ3v) is 2.86. The molecule has 5 heteroatoms. The first-order chi connectivity index (χ1) is 6.50. The van der Waals surface area contributed by atoms with E-state index in [0.29, 0.717) is 5.02 Å². The van der Waals surface area contributed by atoms with Crippen molar-refractivity contribution in [2.24, 2.45) is 5.73 Å². The molecule has 1 rings (SSSR count). The number of hydrogen-bond acceptors (Lipinski definition) is 2. The number of carbonyl (C=O) groups is 1. The number of amides is 1. The Bertz CT molecular complexity index is 357. The fraction of sp³-hybridized carbons (Fsp3) is 0.222. The van der Waals surface area contributed by atoms with E-state index in [9.17, 15) is 4.79 Å². The van der Waals surface area contributed by atoms with Crippen molar-refractivity contribution in [1.82, 2.24) is 0 Å². The summed E-state index contributed by atoms with van der Waals surface area (Å²) < 4.78 is 0.961. The predicted molar refractivity (Wildman–Crippen MR) is 66.4 cm³/mol. The number of anilines is 1. The smallest absolute Gasteiger partial charge is 0.239 e. The molecule has 1 aromatic carbocycles. The molecule has 0 fully saturated rings. The topological polar surface area (TPSA) is 55.1 Å². The van der Waals surface area contributed by atoms with Crippen molar-refractivity contribution in [1.29, 1.82) is 0 Å². The average molecular weight is 325 g/mol. The third kappa shape index (κ3) is 3.02. The molecule has 0 bridgehead atoms. The van der Waals surface area contributed by atoms with Crippen molar-refractivity contribution >= 4 is 45.8 Å². The molecule has 0 spiro atoms. The van der Waals surface area contributed by atoms with E-state index in [2.05, 4.69) is 27.9 Å². The van der Waals surface area contributed by atoms with Crippen LogP contribution in [0, 0.1) is 3.57 Å². The van der Waals surface area contributed by atoms with Crippen molar-refractivity contribution in [2.45, 2.75) is 13.0 Å².